The molecular weight excluding hydrogens is 260 g/mol. The summed E-state index contributed by atoms with van der Waals surface area (Å²) in [6.45, 7) is 3.14. The summed E-state index contributed by atoms with van der Waals surface area (Å²) in [5, 5.41) is 0. The van der Waals surface area contributed by atoms with Crippen molar-refractivity contribution >= 4 is 6.08 Å². The first-order chi connectivity index (χ1) is 10.2. The Labute approximate surface area is 127 Å². The van der Waals surface area contributed by atoms with Gasteiger partial charge in [-0.25, -0.2) is 0 Å². The number of ether oxygens (including phenoxy) is 2. The van der Waals surface area contributed by atoms with E-state index < -0.39 is 5.60 Å². The van der Waals surface area contributed by atoms with Crippen LogP contribution >= 0.6 is 0 Å². The molecule has 2 nitrogen and oxygen atoms in total. The number of methoxy groups -OCH3 is 1. The molecule has 2 aromatic carbocycles. The molecule has 0 fully saturated rings. The maximum Gasteiger partial charge on any atom is 0.113 e. The summed E-state index contributed by atoms with van der Waals surface area (Å²) in [6, 6.07) is 20.4. The lowest BCUT2D eigenvalue weighted by atomic mass is 9.97. The van der Waals surface area contributed by atoms with Crippen molar-refractivity contribution in [2.24, 2.45) is 0 Å². The van der Waals surface area contributed by atoms with Crippen molar-refractivity contribution in [3.05, 3.63) is 77.9 Å². The van der Waals surface area contributed by atoms with Crippen molar-refractivity contribution in [1.82, 2.24) is 0 Å². The summed E-state index contributed by atoms with van der Waals surface area (Å²) in [4.78, 5) is 0. The van der Waals surface area contributed by atoms with Crippen LogP contribution in [0, 0.1) is 0 Å². The monoisotopic (exact) mass is 282 g/mol. The Kier molecular flexibility index (Phi) is 5.73. The second-order valence-electron chi connectivity index (χ2n) is 5.13. The average molecular weight is 282 g/mol. The smallest absolute Gasteiger partial charge is 0.113 e. The highest BCUT2D eigenvalue weighted by Gasteiger charge is 2.25. The second kappa shape index (κ2) is 7.77. The molecule has 0 unspecified atom stereocenters. The van der Waals surface area contributed by atoms with E-state index in [-0.39, 0.29) is 0 Å². The van der Waals surface area contributed by atoms with E-state index in [1.165, 1.54) is 5.56 Å². The SMILES string of the molecule is CO[C@@](C)(COC/C=C/c1ccccc1)c1ccccc1. The maximum absolute atomic E-state index is 5.75. The van der Waals surface area contributed by atoms with Gasteiger partial charge in [-0.1, -0.05) is 72.8 Å². The van der Waals surface area contributed by atoms with Gasteiger partial charge in [0.15, 0.2) is 0 Å². The first-order valence-electron chi connectivity index (χ1n) is 7.14. The maximum atomic E-state index is 5.75. The number of rotatable bonds is 7. The average Bonchev–Trinajstić information content (AvgIpc) is 2.56. The highest BCUT2D eigenvalue weighted by Crippen LogP contribution is 2.24. The Morgan fingerprint density at radius 2 is 1.57 bits per heavy atom. The van der Waals surface area contributed by atoms with E-state index >= 15 is 0 Å². The molecule has 0 saturated heterocycles. The van der Waals surface area contributed by atoms with Crippen LogP contribution in [-0.2, 0) is 15.1 Å². The second-order valence-corrected chi connectivity index (χ2v) is 5.13. The van der Waals surface area contributed by atoms with Crippen LogP contribution in [0.25, 0.3) is 6.08 Å². The minimum atomic E-state index is -0.415. The van der Waals surface area contributed by atoms with Crippen LogP contribution < -0.4 is 0 Å². The normalized spacial score (nSPS) is 14.2. The lowest BCUT2D eigenvalue weighted by molar-refractivity contribution is -0.0624. The topological polar surface area (TPSA) is 18.5 Å². The molecule has 2 rings (SSSR count). The van der Waals surface area contributed by atoms with Crippen molar-refractivity contribution in [3.63, 3.8) is 0 Å². The predicted octanol–water partition coefficient (Wildman–Crippen LogP) is 4.28. The molecule has 0 bridgehead atoms. The van der Waals surface area contributed by atoms with Gasteiger partial charge in [-0.15, -0.1) is 0 Å². The fourth-order valence-electron chi connectivity index (χ4n) is 2.12. The number of hydrogen-bond acceptors (Lipinski definition) is 2. The van der Waals surface area contributed by atoms with E-state index in [2.05, 4.69) is 30.3 Å². The summed E-state index contributed by atoms with van der Waals surface area (Å²) in [6.07, 6.45) is 4.09. The molecule has 1 atom stereocenters. The molecule has 21 heavy (non-hydrogen) atoms. The Bertz CT molecular complexity index is 548. The van der Waals surface area contributed by atoms with Crippen LogP contribution in [0.3, 0.4) is 0 Å². The summed E-state index contributed by atoms with van der Waals surface area (Å²) in [5.74, 6) is 0. The molecule has 2 heteroatoms. The zero-order valence-electron chi connectivity index (χ0n) is 12.7. The zero-order chi connectivity index (χ0) is 15.0. The van der Waals surface area contributed by atoms with Gasteiger partial charge in [0, 0.05) is 7.11 Å². The van der Waals surface area contributed by atoms with E-state index in [4.69, 9.17) is 9.47 Å². The third-order valence-corrected chi connectivity index (χ3v) is 3.54. The molecule has 0 saturated carbocycles. The first-order valence-corrected chi connectivity index (χ1v) is 7.14. The highest BCUT2D eigenvalue weighted by molar-refractivity contribution is 5.48. The van der Waals surface area contributed by atoms with E-state index in [9.17, 15) is 0 Å². The van der Waals surface area contributed by atoms with Crippen LogP contribution in [0.15, 0.2) is 66.7 Å². The molecule has 0 aliphatic carbocycles. The van der Waals surface area contributed by atoms with E-state index in [1.54, 1.807) is 7.11 Å². The molecule has 0 spiro atoms. The standard InChI is InChI=1S/C19H22O2/c1-19(20-2,18-13-7-4-8-14-18)16-21-15-9-12-17-10-5-3-6-11-17/h3-14H,15-16H2,1-2H3/b12-9+/t19-/m0/s1. The molecule has 2 aromatic rings. The molecule has 0 heterocycles. The summed E-state index contributed by atoms with van der Waals surface area (Å²) >= 11 is 0. The number of hydrogen-bond donors (Lipinski definition) is 0. The van der Waals surface area contributed by atoms with Gasteiger partial charge in [0.1, 0.15) is 5.60 Å². The first kappa shape index (κ1) is 15.5. The zero-order valence-corrected chi connectivity index (χ0v) is 12.7. The van der Waals surface area contributed by atoms with Crippen molar-refractivity contribution in [3.8, 4) is 0 Å². The predicted molar refractivity (Wildman–Crippen MR) is 87.1 cm³/mol. The molecule has 0 amide bonds. The Hall–Kier alpha value is -1.90. The van der Waals surface area contributed by atoms with Gasteiger partial charge in [-0.05, 0) is 18.1 Å². The lowest BCUT2D eigenvalue weighted by Gasteiger charge is -2.28. The Morgan fingerprint density at radius 1 is 0.952 bits per heavy atom. The minimum absolute atomic E-state index is 0.415. The minimum Gasteiger partial charge on any atom is -0.374 e. The van der Waals surface area contributed by atoms with Crippen LogP contribution in [0.5, 0.6) is 0 Å². The van der Waals surface area contributed by atoms with E-state index in [0.29, 0.717) is 13.2 Å². The van der Waals surface area contributed by atoms with Crippen molar-refractivity contribution in [2.75, 3.05) is 20.3 Å². The van der Waals surface area contributed by atoms with E-state index in [0.717, 1.165) is 5.56 Å². The lowest BCUT2D eigenvalue weighted by Crippen LogP contribution is -2.30. The van der Waals surface area contributed by atoms with Crippen LogP contribution in [0.2, 0.25) is 0 Å². The van der Waals surface area contributed by atoms with Gasteiger partial charge in [0.05, 0.1) is 13.2 Å². The van der Waals surface area contributed by atoms with Gasteiger partial charge < -0.3 is 9.47 Å². The molecule has 0 aliphatic rings. The quantitative estimate of drug-likeness (QED) is 0.706. The molecule has 0 N–H and O–H groups in total. The van der Waals surface area contributed by atoms with Crippen LogP contribution in [0.1, 0.15) is 18.1 Å². The fourth-order valence-corrected chi connectivity index (χ4v) is 2.12. The highest BCUT2D eigenvalue weighted by atomic mass is 16.5. The van der Waals surface area contributed by atoms with E-state index in [1.807, 2.05) is 49.4 Å². The van der Waals surface area contributed by atoms with Gasteiger partial charge in [-0.2, -0.15) is 0 Å². The number of benzene rings is 2. The molecular formula is C19H22O2. The van der Waals surface area contributed by atoms with Crippen molar-refractivity contribution in [1.29, 1.82) is 0 Å². The largest absolute Gasteiger partial charge is 0.374 e. The third kappa shape index (κ3) is 4.55. The Morgan fingerprint density at radius 3 is 2.19 bits per heavy atom. The summed E-state index contributed by atoms with van der Waals surface area (Å²) < 4.78 is 11.4. The molecule has 0 aliphatic heterocycles. The van der Waals surface area contributed by atoms with Crippen molar-refractivity contribution < 1.29 is 9.47 Å². The summed E-state index contributed by atoms with van der Waals surface area (Å²) in [5.41, 5.74) is 1.89. The molecule has 0 radical (unpaired) electrons. The van der Waals surface area contributed by atoms with Crippen LogP contribution in [0.4, 0.5) is 0 Å². The van der Waals surface area contributed by atoms with Crippen LogP contribution in [-0.4, -0.2) is 20.3 Å². The molecule has 0 aromatic heterocycles. The van der Waals surface area contributed by atoms with Gasteiger partial charge in [-0.3, -0.25) is 0 Å². The Balaban J connectivity index is 1.85. The fraction of sp³-hybridized carbons (Fsp3) is 0.263. The van der Waals surface area contributed by atoms with Gasteiger partial charge >= 0.3 is 0 Å². The van der Waals surface area contributed by atoms with Gasteiger partial charge in [0.2, 0.25) is 0 Å². The third-order valence-electron chi connectivity index (χ3n) is 3.54. The molecule has 110 valence electrons. The summed E-state index contributed by atoms with van der Waals surface area (Å²) in [7, 11) is 1.72. The van der Waals surface area contributed by atoms with Crippen molar-refractivity contribution in [2.45, 2.75) is 12.5 Å². The van der Waals surface area contributed by atoms with Gasteiger partial charge in [0.25, 0.3) is 0 Å².